The molecule has 2 aliphatic rings. The predicted molar refractivity (Wildman–Crippen MR) is 143 cm³/mol. The number of aliphatic hydroxyl groups is 1. The van der Waals surface area contributed by atoms with Crippen molar-refractivity contribution in [2.24, 2.45) is 11.8 Å². The number of rotatable bonds is 10. The minimum absolute atomic E-state index is 0.0426. The summed E-state index contributed by atoms with van der Waals surface area (Å²) in [4.78, 5) is 18.1. The van der Waals surface area contributed by atoms with Gasteiger partial charge in [0.05, 0.1) is 0 Å². The second-order valence-electron chi connectivity index (χ2n) is 11.6. The van der Waals surface area contributed by atoms with E-state index in [1.807, 2.05) is 28.3 Å². The van der Waals surface area contributed by atoms with E-state index in [1.54, 1.807) is 0 Å². The third-order valence-electron chi connectivity index (χ3n) is 8.01. The van der Waals surface area contributed by atoms with Crippen LogP contribution in [0.5, 0.6) is 0 Å². The van der Waals surface area contributed by atoms with Crippen molar-refractivity contribution in [3.8, 4) is 0 Å². The van der Waals surface area contributed by atoms with Crippen molar-refractivity contribution in [3.63, 3.8) is 0 Å². The molecule has 0 spiro atoms. The molecular weight excluding hydrogens is 456 g/mol. The number of thiophene rings is 1. The summed E-state index contributed by atoms with van der Waals surface area (Å²) in [6.07, 6.45) is 8.20. The van der Waals surface area contributed by atoms with E-state index in [1.165, 1.54) is 21.7 Å². The van der Waals surface area contributed by atoms with Crippen LogP contribution < -0.4 is 5.32 Å². The Bertz CT molecular complexity index is 993. The zero-order valence-electron chi connectivity index (χ0n) is 22.2. The molecule has 4 rings (SSSR count). The van der Waals surface area contributed by atoms with Crippen LogP contribution in [0.1, 0.15) is 86.1 Å². The maximum atomic E-state index is 12.6. The van der Waals surface area contributed by atoms with Crippen molar-refractivity contribution in [2.45, 2.75) is 97.2 Å². The Morgan fingerprint density at radius 1 is 1.37 bits per heavy atom. The summed E-state index contributed by atoms with van der Waals surface area (Å²) in [5.41, 5.74) is 2.21. The third kappa shape index (κ3) is 6.17. The van der Waals surface area contributed by atoms with Crippen molar-refractivity contribution >= 4 is 17.2 Å². The van der Waals surface area contributed by atoms with Gasteiger partial charge in [-0.25, -0.2) is 0 Å². The Morgan fingerprint density at radius 3 is 2.80 bits per heavy atom. The lowest BCUT2D eigenvalue weighted by Gasteiger charge is -2.47. The SMILES string of the molecule is CCc1cc([C@@]2(C)CCN(CC3CC(NC(=O)c4ccn(CC(C)C)n4)C3)[C@@H](C)C2)c(CCO)s1. The maximum absolute atomic E-state index is 12.6. The lowest BCUT2D eigenvalue weighted by Crippen LogP contribution is -2.52. The van der Waals surface area contributed by atoms with Crippen molar-refractivity contribution in [1.82, 2.24) is 20.0 Å². The number of aliphatic hydroxyl groups excluding tert-OH is 1. The van der Waals surface area contributed by atoms with Gasteiger partial charge in [-0.05, 0) is 80.5 Å². The summed E-state index contributed by atoms with van der Waals surface area (Å²) in [5, 5.41) is 17.2. The number of aryl methyl sites for hydroxylation is 1. The number of nitrogens with zero attached hydrogens (tertiary/aromatic N) is 3. The molecule has 2 N–H and O–H groups in total. The molecule has 0 unspecified atom stereocenters. The molecule has 1 aliphatic carbocycles. The predicted octanol–water partition coefficient (Wildman–Crippen LogP) is 4.65. The van der Waals surface area contributed by atoms with E-state index in [-0.39, 0.29) is 24.0 Å². The van der Waals surface area contributed by atoms with Crippen molar-refractivity contribution in [1.29, 1.82) is 0 Å². The van der Waals surface area contributed by atoms with Crippen LogP contribution in [0.2, 0.25) is 0 Å². The number of aromatic nitrogens is 2. The van der Waals surface area contributed by atoms with E-state index < -0.39 is 0 Å². The molecular formula is C28H44N4O2S. The van der Waals surface area contributed by atoms with Crippen LogP contribution in [0.3, 0.4) is 0 Å². The fraction of sp³-hybridized carbons (Fsp3) is 0.714. The van der Waals surface area contributed by atoms with Crippen LogP contribution in [-0.2, 0) is 24.8 Å². The molecule has 0 radical (unpaired) electrons. The summed E-state index contributed by atoms with van der Waals surface area (Å²) < 4.78 is 1.86. The first kappa shape index (κ1) is 26.4. The van der Waals surface area contributed by atoms with Crippen LogP contribution in [0.4, 0.5) is 0 Å². The topological polar surface area (TPSA) is 70.4 Å². The van der Waals surface area contributed by atoms with Gasteiger partial charge >= 0.3 is 0 Å². The molecule has 1 saturated carbocycles. The summed E-state index contributed by atoms with van der Waals surface area (Å²) in [6, 6.07) is 5.05. The first-order valence-electron chi connectivity index (χ1n) is 13.5. The van der Waals surface area contributed by atoms with Gasteiger partial charge in [-0.1, -0.05) is 27.7 Å². The molecule has 2 aromatic heterocycles. The maximum Gasteiger partial charge on any atom is 0.271 e. The van der Waals surface area contributed by atoms with Gasteiger partial charge in [-0.3, -0.25) is 9.48 Å². The van der Waals surface area contributed by atoms with Gasteiger partial charge in [-0.2, -0.15) is 5.10 Å². The van der Waals surface area contributed by atoms with Gasteiger partial charge in [0.2, 0.25) is 0 Å². The molecule has 0 bridgehead atoms. The summed E-state index contributed by atoms with van der Waals surface area (Å²) in [7, 11) is 0. The number of hydrogen-bond donors (Lipinski definition) is 2. The highest BCUT2D eigenvalue weighted by atomic mass is 32.1. The zero-order chi connectivity index (χ0) is 25.2. The van der Waals surface area contributed by atoms with E-state index in [4.69, 9.17) is 0 Å². The van der Waals surface area contributed by atoms with E-state index in [0.717, 1.165) is 51.7 Å². The molecule has 35 heavy (non-hydrogen) atoms. The lowest BCUT2D eigenvalue weighted by atomic mass is 9.71. The largest absolute Gasteiger partial charge is 0.396 e. The van der Waals surface area contributed by atoms with Gasteiger partial charge in [0.1, 0.15) is 5.69 Å². The second kappa shape index (κ2) is 11.1. The summed E-state index contributed by atoms with van der Waals surface area (Å²) in [5.74, 6) is 1.12. The Hall–Kier alpha value is -1.70. The monoisotopic (exact) mass is 500 g/mol. The smallest absolute Gasteiger partial charge is 0.271 e. The van der Waals surface area contributed by atoms with Gasteiger partial charge in [-0.15, -0.1) is 11.3 Å². The number of amides is 1. The Morgan fingerprint density at radius 2 is 2.14 bits per heavy atom. The highest BCUT2D eigenvalue weighted by Crippen LogP contribution is 2.43. The molecule has 2 atom stereocenters. The standard InChI is InChI=1S/C28H44N4O2S/c1-6-23-15-24(26(35-23)8-12-33)28(5)9-11-31(20(4)16-28)18-21-13-22(14-21)29-27(34)25-7-10-32(30-25)17-19(2)3/h7,10,15,19-22,33H,6,8-9,11-14,16-18H2,1-5H3,(H,29,34)/t20-,21?,22?,28-/m0/s1. The minimum atomic E-state index is -0.0426. The molecule has 2 fully saturated rings. The van der Waals surface area contributed by atoms with Gasteiger partial charge in [0.25, 0.3) is 5.91 Å². The summed E-state index contributed by atoms with van der Waals surface area (Å²) >= 11 is 1.89. The van der Waals surface area contributed by atoms with Crippen LogP contribution in [0.25, 0.3) is 0 Å². The quantitative estimate of drug-likeness (QED) is 0.498. The molecule has 2 aromatic rings. The van der Waals surface area contributed by atoms with Crippen molar-refractivity contribution in [2.75, 3.05) is 19.7 Å². The van der Waals surface area contributed by atoms with Crippen molar-refractivity contribution < 1.29 is 9.90 Å². The summed E-state index contributed by atoms with van der Waals surface area (Å²) in [6.45, 7) is 14.6. The Balaban J connectivity index is 1.25. The molecule has 1 aliphatic heterocycles. The average Bonchev–Trinajstić information content (AvgIpc) is 3.41. The lowest BCUT2D eigenvalue weighted by molar-refractivity contribution is 0.0610. The highest BCUT2D eigenvalue weighted by Gasteiger charge is 2.40. The molecule has 1 amide bonds. The van der Waals surface area contributed by atoms with Gasteiger partial charge in [0.15, 0.2) is 0 Å². The van der Waals surface area contributed by atoms with E-state index in [2.05, 4.69) is 56.0 Å². The number of likely N-dealkylation sites (tertiary alicyclic amines) is 1. The Kier molecular flexibility index (Phi) is 8.39. The van der Waals surface area contributed by atoms with Crippen LogP contribution >= 0.6 is 11.3 Å². The first-order chi connectivity index (χ1) is 16.7. The van der Waals surface area contributed by atoms with E-state index >= 15 is 0 Å². The molecule has 1 saturated heterocycles. The number of nitrogens with one attached hydrogen (secondary N) is 1. The van der Waals surface area contributed by atoms with Gasteiger partial charge in [0, 0.05) is 54.2 Å². The molecule has 7 heteroatoms. The van der Waals surface area contributed by atoms with Crippen LogP contribution in [-0.4, -0.2) is 57.5 Å². The number of hydrogen-bond acceptors (Lipinski definition) is 5. The van der Waals surface area contributed by atoms with Gasteiger partial charge < -0.3 is 15.3 Å². The van der Waals surface area contributed by atoms with E-state index in [9.17, 15) is 9.90 Å². The molecule has 6 nitrogen and oxygen atoms in total. The molecule has 3 heterocycles. The van der Waals surface area contributed by atoms with E-state index in [0.29, 0.717) is 23.6 Å². The zero-order valence-corrected chi connectivity index (χ0v) is 23.0. The number of carbonyl (C=O) groups excluding carboxylic acids is 1. The average molecular weight is 501 g/mol. The van der Waals surface area contributed by atoms with Crippen LogP contribution in [0.15, 0.2) is 18.3 Å². The normalized spacial score (nSPS) is 27.2. The Labute approximate surface area is 215 Å². The fourth-order valence-electron chi connectivity index (χ4n) is 6.02. The van der Waals surface area contributed by atoms with Crippen molar-refractivity contribution in [3.05, 3.63) is 39.3 Å². The highest BCUT2D eigenvalue weighted by molar-refractivity contribution is 7.12. The molecule has 194 valence electrons. The number of carbonyl (C=O) groups is 1. The minimum Gasteiger partial charge on any atom is -0.396 e. The molecule has 0 aromatic carbocycles. The van der Waals surface area contributed by atoms with Crippen LogP contribution in [0, 0.1) is 11.8 Å². The first-order valence-corrected chi connectivity index (χ1v) is 14.3. The fourth-order valence-corrected chi connectivity index (χ4v) is 7.26. The number of piperidine rings is 1. The third-order valence-corrected chi connectivity index (χ3v) is 9.35. The second-order valence-corrected chi connectivity index (χ2v) is 12.8.